The average molecular weight is 267 g/mol. The Balaban J connectivity index is 2.79. The van der Waals surface area contributed by atoms with Crippen LogP contribution < -0.4 is 4.18 Å². The Bertz CT molecular complexity index is 502. The maximum absolute atomic E-state index is 11.8. The van der Waals surface area contributed by atoms with Crippen LogP contribution in [0.1, 0.15) is 5.56 Å². The molecular weight excluding hydrogens is 261 g/mol. The van der Waals surface area contributed by atoms with Crippen LogP contribution in [0.25, 0.3) is 6.08 Å². The molecule has 0 fully saturated rings. The fraction of sp³-hybridized carbons (Fsp3) is 0.111. The summed E-state index contributed by atoms with van der Waals surface area (Å²) in [7, 11) is -4.87. The van der Waals surface area contributed by atoms with Gasteiger partial charge in [0.2, 0.25) is 0 Å². The van der Waals surface area contributed by atoms with Gasteiger partial charge in [0.25, 0.3) is 10.4 Å². The van der Waals surface area contributed by atoms with Gasteiger partial charge in [-0.05, 0) is 17.7 Å². The van der Waals surface area contributed by atoms with Crippen molar-refractivity contribution >= 4 is 16.5 Å². The fourth-order valence-electron chi connectivity index (χ4n) is 0.943. The number of hydrogen-bond acceptors (Lipinski definition) is 4. The number of alkyl halides is 3. The van der Waals surface area contributed by atoms with Crippen LogP contribution in [-0.2, 0) is 10.4 Å². The summed E-state index contributed by atoms with van der Waals surface area (Å²) < 4.78 is 70.0. The molecule has 0 saturated heterocycles. The first-order chi connectivity index (χ1) is 7.66. The number of rotatable bonds is 3. The van der Waals surface area contributed by atoms with Crippen LogP contribution in [0.5, 0.6) is 5.75 Å². The van der Waals surface area contributed by atoms with Crippen LogP contribution in [0.4, 0.5) is 13.2 Å². The molecule has 0 aliphatic heterocycles. The van der Waals surface area contributed by atoms with E-state index >= 15 is 0 Å². The zero-order valence-corrected chi connectivity index (χ0v) is 8.96. The summed E-state index contributed by atoms with van der Waals surface area (Å²) in [6.07, 6.45) is -3.59. The molecule has 0 aromatic heterocycles. The number of halogens is 3. The van der Waals surface area contributed by atoms with Gasteiger partial charge in [-0.3, -0.25) is 0 Å². The van der Waals surface area contributed by atoms with Gasteiger partial charge < -0.3 is 8.74 Å². The second kappa shape index (κ2) is 4.76. The lowest BCUT2D eigenvalue weighted by atomic mass is 10.2. The molecule has 17 heavy (non-hydrogen) atoms. The zero-order valence-electron chi connectivity index (χ0n) is 8.14. The molecule has 0 aliphatic rings. The van der Waals surface area contributed by atoms with Gasteiger partial charge in [-0.2, -0.15) is 13.2 Å². The van der Waals surface area contributed by atoms with Crippen molar-refractivity contribution in [3.05, 3.63) is 35.9 Å². The van der Waals surface area contributed by atoms with Crippen molar-refractivity contribution in [1.82, 2.24) is 0 Å². The van der Waals surface area contributed by atoms with Crippen molar-refractivity contribution in [2.75, 3.05) is 0 Å². The smallest absolute Gasteiger partial charge is 0.409 e. The van der Waals surface area contributed by atoms with E-state index in [1.165, 1.54) is 12.1 Å². The quantitative estimate of drug-likeness (QED) is 0.621. The van der Waals surface area contributed by atoms with E-state index < -0.39 is 16.6 Å². The highest BCUT2D eigenvalue weighted by atomic mass is 32.3. The molecular formula is C9H6F3O4S-. The van der Waals surface area contributed by atoms with Crippen molar-refractivity contribution in [2.24, 2.45) is 0 Å². The van der Waals surface area contributed by atoms with Gasteiger partial charge in [0.05, 0.1) is 0 Å². The van der Waals surface area contributed by atoms with E-state index in [-0.39, 0.29) is 17.4 Å². The molecule has 0 N–H and O–H groups in total. The molecule has 0 bridgehead atoms. The fourth-order valence-corrected chi connectivity index (χ4v) is 1.29. The van der Waals surface area contributed by atoms with Gasteiger partial charge in [-0.1, -0.05) is 18.2 Å². The molecule has 0 aliphatic carbocycles. The van der Waals surface area contributed by atoms with E-state index in [1.807, 2.05) is 0 Å². The molecule has 0 spiro atoms. The summed E-state index contributed by atoms with van der Waals surface area (Å²) in [5.41, 5.74) is 0.193. The minimum absolute atomic E-state index is 0.0349. The van der Waals surface area contributed by atoms with E-state index in [0.717, 1.165) is 18.2 Å². The normalized spacial score (nSPS) is 12.9. The van der Waals surface area contributed by atoms with Gasteiger partial charge in [-0.15, -0.1) is 0 Å². The lowest BCUT2D eigenvalue weighted by Gasteiger charge is -2.08. The van der Waals surface area contributed by atoms with E-state index in [1.54, 1.807) is 0 Å². The Morgan fingerprint density at radius 3 is 2.12 bits per heavy atom. The van der Waals surface area contributed by atoms with Crippen molar-refractivity contribution in [2.45, 2.75) is 6.18 Å². The maximum Gasteiger partial charge on any atom is 0.409 e. The van der Waals surface area contributed by atoms with Crippen LogP contribution in [0.3, 0.4) is 0 Å². The molecule has 0 unspecified atom stereocenters. The molecule has 0 saturated carbocycles. The first-order valence-corrected chi connectivity index (χ1v) is 5.50. The van der Waals surface area contributed by atoms with Crippen LogP contribution in [0, 0.1) is 0 Å². The topological polar surface area (TPSA) is 66.4 Å². The van der Waals surface area contributed by atoms with E-state index in [0.29, 0.717) is 0 Å². The lowest BCUT2D eigenvalue weighted by molar-refractivity contribution is -0.0790. The van der Waals surface area contributed by atoms with Crippen LogP contribution in [-0.4, -0.2) is 19.1 Å². The maximum atomic E-state index is 11.8. The third-order valence-electron chi connectivity index (χ3n) is 1.54. The largest absolute Gasteiger partial charge is 0.716 e. The summed E-state index contributed by atoms with van der Waals surface area (Å²) in [6.45, 7) is 0. The molecule has 1 aromatic rings. The Morgan fingerprint density at radius 1 is 1.18 bits per heavy atom. The molecule has 8 heteroatoms. The monoisotopic (exact) mass is 267 g/mol. The molecule has 0 amide bonds. The summed E-state index contributed by atoms with van der Waals surface area (Å²) >= 11 is 0. The van der Waals surface area contributed by atoms with E-state index in [4.69, 9.17) is 0 Å². The van der Waals surface area contributed by atoms with Crippen LogP contribution >= 0.6 is 0 Å². The third kappa shape index (κ3) is 5.93. The standard InChI is InChI=1S/C9H7F3O4S/c10-9(11,12)6-5-7-1-3-8(4-2-7)16-17(13,14)15/h1-6H,(H,13,14,15)/p-1. The molecule has 1 aromatic carbocycles. The zero-order chi connectivity index (χ0) is 13.1. The van der Waals surface area contributed by atoms with Crippen molar-refractivity contribution in [3.8, 4) is 5.75 Å². The minimum atomic E-state index is -4.87. The summed E-state index contributed by atoms with van der Waals surface area (Å²) in [5, 5.41) is 0. The highest BCUT2D eigenvalue weighted by Gasteiger charge is 2.21. The summed E-state index contributed by atoms with van der Waals surface area (Å²) in [6, 6.07) is 4.52. The average Bonchev–Trinajstić information content (AvgIpc) is 2.13. The number of hydrogen-bond donors (Lipinski definition) is 0. The van der Waals surface area contributed by atoms with Crippen LogP contribution in [0.15, 0.2) is 30.3 Å². The molecule has 0 radical (unpaired) electrons. The van der Waals surface area contributed by atoms with Crippen LogP contribution in [0.2, 0.25) is 0 Å². The first kappa shape index (κ1) is 13.5. The molecule has 94 valence electrons. The second-order valence-corrected chi connectivity index (χ2v) is 3.92. The highest BCUT2D eigenvalue weighted by molar-refractivity contribution is 7.81. The highest BCUT2D eigenvalue weighted by Crippen LogP contribution is 2.19. The Labute approximate surface area is 95.3 Å². The minimum Gasteiger partial charge on any atom is -0.716 e. The molecule has 0 atom stereocenters. The van der Waals surface area contributed by atoms with Gasteiger partial charge in [0.1, 0.15) is 5.75 Å². The Kier molecular flexibility index (Phi) is 3.79. The SMILES string of the molecule is O=S(=O)([O-])Oc1ccc(C=CC(F)(F)F)cc1. The lowest BCUT2D eigenvalue weighted by Crippen LogP contribution is -2.06. The molecule has 1 rings (SSSR count). The summed E-state index contributed by atoms with van der Waals surface area (Å²) in [5.74, 6) is -0.260. The van der Waals surface area contributed by atoms with Gasteiger partial charge in [-0.25, -0.2) is 8.42 Å². The van der Waals surface area contributed by atoms with E-state index in [2.05, 4.69) is 4.18 Å². The van der Waals surface area contributed by atoms with Crippen molar-refractivity contribution in [1.29, 1.82) is 0 Å². The third-order valence-corrected chi connectivity index (χ3v) is 1.94. The predicted octanol–water partition coefficient (Wildman–Crippen LogP) is 2.10. The molecule has 4 nitrogen and oxygen atoms in total. The van der Waals surface area contributed by atoms with E-state index in [9.17, 15) is 26.1 Å². The van der Waals surface area contributed by atoms with Gasteiger partial charge >= 0.3 is 6.18 Å². The van der Waals surface area contributed by atoms with Crippen molar-refractivity contribution in [3.63, 3.8) is 0 Å². The first-order valence-electron chi connectivity index (χ1n) is 4.17. The predicted molar refractivity (Wildman–Crippen MR) is 51.9 cm³/mol. The number of allylic oxidation sites excluding steroid dienone is 1. The molecule has 0 heterocycles. The second-order valence-electron chi connectivity index (χ2n) is 2.94. The number of benzene rings is 1. The van der Waals surface area contributed by atoms with Gasteiger partial charge in [0.15, 0.2) is 0 Å². The Morgan fingerprint density at radius 2 is 1.71 bits per heavy atom. The van der Waals surface area contributed by atoms with Gasteiger partial charge in [0, 0.05) is 6.08 Å². The summed E-state index contributed by atoms with van der Waals surface area (Å²) in [4.78, 5) is 0. The Hall–Kier alpha value is -1.54. The van der Waals surface area contributed by atoms with Crippen molar-refractivity contribution < 1.29 is 30.3 Å².